The van der Waals surface area contributed by atoms with Crippen molar-refractivity contribution in [2.75, 3.05) is 17.2 Å². The van der Waals surface area contributed by atoms with E-state index in [1.807, 2.05) is 18.5 Å². The molecule has 8 nitrogen and oxygen atoms in total. The van der Waals surface area contributed by atoms with Gasteiger partial charge in [0.05, 0.1) is 39.6 Å². The molecular formula is C34H34N8. The topological polar surface area (TPSA) is 101 Å². The van der Waals surface area contributed by atoms with Gasteiger partial charge in [0.15, 0.2) is 0 Å². The number of benzene rings is 2. The molecule has 0 spiro atoms. The van der Waals surface area contributed by atoms with Crippen LogP contribution in [0.15, 0.2) is 66.9 Å². The van der Waals surface area contributed by atoms with E-state index in [-0.39, 0.29) is 17.0 Å². The molecular weight excluding hydrogens is 520 g/mol. The van der Waals surface area contributed by atoms with Crippen LogP contribution in [0.4, 0.5) is 11.4 Å². The van der Waals surface area contributed by atoms with Crippen molar-refractivity contribution in [1.29, 1.82) is 5.26 Å². The molecule has 2 aromatic heterocycles. The van der Waals surface area contributed by atoms with Gasteiger partial charge in [-0.25, -0.2) is 0 Å². The molecule has 8 rings (SSSR count). The molecule has 42 heavy (non-hydrogen) atoms. The molecule has 0 saturated heterocycles. The standard InChI is InChI=1S/C34H34N8/c1-5-22-18-37-31-24(16-35)11-25(12-28(31)30(22)38-20-33(2,3)4)39-32(27-8-6-7-23-17-36-10-9-26(23)27)29-19-42(41-40-29)34-13-21(14-34)15-34/h1,6-12,17-19,21,32,39-41H,13-15,20H2,2-4H3,(H,37,38)/t21?,32-,34?/m0/s1. The average Bonchev–Trinajstić information content (AvgIpc) is 3.41. The van der Waals surface area contributed by atoms with E-state index in [0.717, 1.165) is 44.7 Å². The average molecular weight is 555 g/mol. The zero-order chi connectivity index (χ0) is 29.1. The predicted octanol–water partition coefficient (Wildman–Crippen LogP) is 5.97. The van der Waals surface area contributed by atoms with Crippen LogP contribution in [0, 0.1) is 35.0 Å². The number of aromatic nitrogens is 2. The molecule has 1 aliphatic heterocycles. The number of rotatable bonds is 7. The Balaban J connectivity index is 1.34. The fourth-order valence-electron chi connectivity index (χ4n) is 6.47. The normalized spacial score (nSPS) is 21.4. The maximum atomic E-state index is 10.2. The van der Waals surface area contributed by atoms with Gasteiger partial charge in [0.1, 0.15) is 6.07 Å². The van der Waals surface area contributed by atoms with E-state index in [4.69, 9.17) is 6.42 Å². The highest BCUT2D eigenvalue weighted by Gasteiger charge is 2.60. The Bertz CT molecular complexity index is 1810. The molecule has 4 aromatic rings. The summed E-state index contributed by atoms with van der Waals surface area (Å²) in [7, 11) is 0. The lowest BCUT2D eigenvalue weighted by molar-refractivity contribution is -0.141. The Morgan fingerprint density at radius 1 is 1.14 bits per heavy atom. The van der Waals surface area contributed by atoms with Gasteiger partial charge in [-0.05, 0) is 59.7 Å². The molecule has 1 atom stereocenters. The number of nitrogens with one attached hydrogen (secondary N) is 4. The van der Waals surface area contributed by atoms with Gasteiger partial charge in [-0.2, -0.15) is 5.26 Å². The summed E-state index contributed by atoms with van der Waals surface area (Å²) < 4.78 is 0. The molecule has 2 aromatic carbocycles. The van der Waals surface area contributed by atoms with Crippen molar-refractivity contribution in [3.8, 4) is 18.4 Å². The molecule has 2 bridgehead atoms. The van der Waals surface area contributed by atoms with Crippen LogP contribution in [0.1, 0.15) is 62.8 Å². The lowest BCUT2D eigenvalue weighted by atomic mass is 9.49. The van der Waals surface area contributed by atoms with Crippen molar-refractivity contribution in [2.45, 2.75) is 51.6 Å². The van der Waals surface area contributed by atoms with Crippen molar-refractivity contribution in [1.82, 2.24) is 25.9 Å². The second kappa shape index (κ2) is 9.65. The SMILES string of the molecule is C#Cc1cnc2c(C#N)cc(N[C@H](C3=CN(C45CC(C4)C5)NN3)c3cccc4cnccc34)cc2c1NCC(C)(C)C. The van der Waals surface area contributed by atoms with E-state index in [1.54, 1.807) is 6.20 Å². The van der Waals surface area contributed by atoms with Gasteiger partial charge in [-0.3, -0.25) is 15.0 Å². The minimum atomic E-state index is -0.236. The van der Waals surface area contributed by atoms with E-state index in [9.17, 15) is 5.26 Å². The number of anilines is 2. The Kier molecular flexibility index (Phi) is 6.00. The van der Waals surface area contributed by atoms with Crippen LogP contribution in [0.2, 0.25) is 0 Å². The summed E-state index contributed by atoms with van der Waals surface area (Å²) in [6.45, 7) is 7.23. The van der Waals surface area contributed by atoms with Crippen molar-refractivity contribution < 1.29 is 0 Å². The summed E-state index contributed by atoms with van der Waals surface area (Å²) >= 11 is 0. The summed E-state index contributed by atoms with van der Waals surface area (Å²) in [5.41, 5.74) is 12.6. The summed E-state index contributed by atoms with van der Waals surface area (Å²) in [6.07, 6.45) is 17.2. The predicted molar refractivity (Wildman–Crippen MR) is 167 cm³/mol. The maximum absolute atomic E-state index is 10.2. The highest BCUT2D eigenvalue weighted by Crippen LogP contribution is 2.60. The van der Waals surface area contributed by atoms with E-state index >= 15 is 0 Å². The van der Waals surface area contributed by atoms with E-state index in [1.165, 1.54) is 19.3 Å². The molecule has 3 fully saturated rings. The van der Waals surface area contributed by atoms with Crippen molar-refractivity contribution in [3.05, 3.63) is 83.6 Å². The maximum Gasteiger partial charge on any atom is 0.102 e. The zero-order valence-electron chi connectivity index (χ0n) is 24.1. The van der Waals surface area contributed by atoms with Crippen LogP contribution in [0.3, 0.4) is 0 Å². The van der Waals surface area contributed by atoms with Crippen molar-refractivity contribution in [2.24, 2.45) is 11.3 Å². The number of hydrazine groups is 2. The molecule has 3 saturated carbocycles. The number of hydrogen-bond acceptors (Lipinski definition) is 8. The Labute approximate surface area is 246 Å². The Morgan fingerprint density at radius 3 is 2.69 bits per heavy atom. The monoisotopic (exact) mass is 554 g/mol. The molecule has 210 valence electrons. The summed E-state index contributed by atoms with van der Waals surface area (Å²) in [5.74, 6) is 3.65. The van der Waals surface area contributed by atoms with Gasteiger partial charge in [-0.1, -0.05) is 44.9 Å². The van der Waals surface area contributed by atoms with E-state index in [0.29, 0.717) is 23.2 Å². The molecule has 8 heteroatoms. The lowest BCUT2D eigenvalue weighted by Crippen LogP contribution is -2.69. The summed E-state index contributed by atoms with van der Waals surface area (Å²) in [6, 6.07) is 14.4. The van der Waals surface area contributed by atoms with Crippen LogP contribution in [-0.4, -0.2) is 27.1 Å². The fraction of sp³-hybridized carbons (Fsp3) is 0.324. The first-order valence-electron chi connectivity index (χ1n) is 14.5. The van der Waals surface area contributed by atoms with Crippen molar-refractivity contribution in [3.63, 3.8) is 0 Å². The summed E-state index contributed by atoms with van der Waals surface area (Å²) in [5, 5.41) is 22.8. The molecule has 0 amide bonds. The molecule has 3 aliphatic carbocycles. The van der Waals surface area contributed by atoms with Gasteiger partial charge in [0, 0.05) is 47.8 Å². The first-order chi connectivity index (χ1) is 20.3. The first kappa shape index (κ1) is 26.1. The van der Waals surface area contributed by atoms with E-state index < -0.39 is 0 Å². The fourth-order valence-corrected chi connectivity index (χ4v) is 6.47. The minimum Gasteiger partial charge on any atom is -0.383 e. The third-order valence-corrected chi connectivity index (χ3v) is 8.80. The molecule has 4 aliphatic rings. The third kappa shape index (κ3) is 4.36. The number of pyridine rings is 2. The van der Waals surface area contributed by atoms with Crippen LogP contribution < -0.4 is 21.6 Å². The van der Waals surface area contributed by atoms with Crippen LogP contribution >= 0.6 is 0 Å². The number of hydrogen-bond donors (Lipinski definition) is 4. The van der Waals surface area contributed by atoms with Crippen molar-refractivity contribution >= 4 is 33.1 Å². The van der Waals surface area contributed by atoms with Gasteiger partial charge in [0.25, 0.3) is 0 Å². The quantitative estimate of drug-likeness (QED) is 0.208. The van der Waals surface area contributed by atoms with Gasteiger partial charge in [0.2, 0.25) is 0 Å². The molecule has 0 radical (unpaired) electrons. The lowest BCUT2D eigenvalue weighted by Gasteiger charge is -2.64. The molecule has 3 heterocycles. The van der Waals surface area contributed by atoms with Gasteiger partial charge < -0.3 is 16.1 Å². The first-order valence-corrected chi connectivity index (χ1v) is 14.5. The largest absolute Gasteiger partial charge is 0.383 e. The second-order valence-corrected chi connectivity index (χ2v) is 13.1. The summed E-state index contributed by atoms with van der Waals surface area (Å²) in [4.78, 5) is 8.95. The Hall–Kier alpha value is -4.79. The van der Waals surface area contributed by atoms with Crippen LogP contribution in [0.5, 0.6) is 0 Å². The number of fused-ring (bicyclic) bond motifs is 2. The zero-order valence-corrected chi connectivity index (χ0v) is 24.1. The number of terminal acetylenes is 1. The Morgan fingerprint density at radius 2 is 1.98 bits per heavy atom. The van der Waals surface area contributed by atoms with E-state index in [2.05, 4.69) is 106 Å². The second-order valence-electron chi connectivity index (χ2n) is 13.1. The smallest absolute Gasteiger partial charge is 0.102 e. The number of nitriles is 1. The van der Waals surface area contributed by atoms with Gasteiger partial charge in [-0.15, -0.1) is 12.0 Å². The molecule has 4 N–H and O–H groups in total. The third-order valence-electron chi connectivity index (χ3n) is 8.80. The van der Waals surface area contributed by atoms with Crippen LogP contribution in [0.25, 0.3) is 21.7 Å². The minimum absolute atomic E-state index is 0.0313. The highest BCUT2D eigenvalue weighted by molar-refractivity contribution is 5.99. The van der Waals surface area contributed by atoms with Crippen LogP contribution in [-0.2, 0) is 0 Å². The van der Waals surface area contributed by atoms with Gasteiger partial charge >= 0.3 is 0 Å². The number of nitrogens with zero attached hydrogens (tertiary/aromatic N) is 4. The highest BCUT2D eigenvalue weighted by atomic mass is 15.7. The molecule has 0 unspecified atom stereocenters.